The van der Waals surface area contributed by atoms with E-state index in [0.717, 1.165) is 0 Å². The molecule has 0 aromatic heterocycles. The first-order valence-electron chi connectivity index (χ1n) is 35.3. The van der Waals surface area contributed by atoms with Crippen molar-refractivity contribution in [3.05, 3.63) is 421 Å². The van der Waals surface area contributed by atoms with Crippen LogP contribution in [-0.4, -0.2) is 0 Å². The molecule has 0 aliphatic carbocycles. The Morgan fingerprint density at radius 1 is 0.168 bits per heavy atom. The number of rotatable bonds is 4. The maximum atomic E-state index is 2.25. The van der Waals surface area contributed by atoms with Gasteiger partial charge in [-0.25, -0.2) is 0 Å². The Morgan fingerprint density at radius 2 is 0.465 bits per heavy atom. The molecule has 0 heterocycles. The van der Waals surface area contributed by atoms with Gasteiger partial charge in [0.2, 0.25) is 0 Å². The van der Waals surface area contributed by atoms with Crippen LogP contribution in [0.5, 0.6) is 0 Å². The van der Waals surface area contributed by atoms with Gasteiger partial charge in [-0.2, -0.15) is 0 Å². The molecule has 0 amide bonds. The van der Waals surface area contributed by atoms with Crippen LogP contribution in [0.3, 0.4) is 0 Å². The second kappa shape index (κ2) is 34.2. The number of fused-ring (bicyclic) bond motifs is 6. The SMILES string of the molecule is Cc1ccc(-c2ccc3ccccc3c2)cc1.Cc1ccc(-c2cccc3ccccc23)cc1.Cc1ccc(C(C)(C)C)cc1.Cc1ccc2ccccc2c1.Cc1cccc(-c2ccc3ccccc3c2)c1.Cc1cccc(-c2cccc3ccccc23)c1.Cc1cccc2ccccc12. The quantitative estimate of drug-likeness (QED) is 0.165. The fourth-order valence-electron chi connectivity index (χ4n) is 12.6. The van der Waals surface area contributed by atoms with E-state index in [0.29, 0.717) is 0 Å². The van der Waals surface area contributed by atoms with Gasteiger partial charge in [-0.15, -0.1) is 0 Å². The highest BCUT2D eigenvalue weighted by Gasteiger charge is 2.12. The lowest BCUT2D eigenvalue weighted by atomic mass is 9.87. The molecule has 496 valence electrons. The van der Waals surface area contributed by atoms with Crippen LogP contribution in [-0.2, 0) is 5.41 Å². The molecule has 0 unspecified atom stereocenters. The van der Waals surface area contributed by atoms with Gasteiger partial charge in [0, 0.05) is 0 Å². The van der Waals surface area contributed by atoms with E-state index < -0.39 is 0 Å². The van der Waals surface area contributed by atoms with Crippen LogP contribution in [0.4, 0.5) is 0 Å². The lowest BCUT2D eigenvalue weighted by molar-refractivity contribution is 0.590. The number of aryl methyl sites for hydroxylation is 7. The number of hydrogen-bond acceptors (Lipinski definition) is 0. The Kier molecular flexibility index (Phi) is 23.9. The molecule has 0 spiro atoms. The Morgan fingerprint density at radius 3 is 0.931 bits per heavy atom. The monoisotopic (exact) mass is 1300 g/mol. The third kappa shape index (κ3) is 19.6. The molecule has 17 rings (SSSR count). The Balaban J connectivity index is 0.000000120. The zero-order chi connectivity index (χ0) is 70.5. The van der Waals surface area contributed by atoms with Crippen molar-refractivity contribution in [1.29, 1.82) is 0 Å². The average Bonchev–Trinajstić information content (AvgIpc) is 0.841. The van der Waals surface area contributed by atoms with E-state index in [1.807, 2.05) is 0 Å². The van der Waals surface area contributed by atoms with Gasteiger partial charge in [0.25, 0.3) is 0 Å². The average molecular weight is 1310 g/mol. The standard InChI is InChI=1S/4C17H14.2C11H10.C11H16/c1-13-6-4-9-15(12-13)17-11-5-8-14-7-2-3-10-16(14)17;1-13-5-4-8-15(11-13)17-10-9-14-6-2-3-7-16(14)12-17;1-13-9-11-15(12-10-13)17-8-4-6-14-5-2-3-7-16(14)17;1-13-6-8-15(9-7-13)17-11-10-14-4-2-3-5-16(14)12-17;1-9-5-4-7-10-6-2-3-8-11(9)10;1-9-6-7-10-4-2-3-5-11(10)8-9;1-9-5-7-10(8-6-9)11(2,3)4/h4*2-12H,1H3;2*2-8H,1H3;5-8H,1-4H3. The summed E-state index contributed by atoms with van der Waals surface area (Å²) >= 11 is 0. The highest BCUT2D eigenvalue weighted by atomic mass is 14.2. The molecule has 17 aromatic rings. The van der Waals surface area contributed by atoms with Gasteiger partial charge in [0.05, 0.1) is 0 Å². The number of hydrogen-bond donors (Lipinski definition) is 0. The summed E-state index contributed by atoms with van der Waals surface area (Å²) in [5, 5.41) is 15.7. The van der Waals surface area contributed by atoms with Crippen molar-refractivity contribution in [3.8, 4) is 44.5 Å². The normalized spacial score (nSPS) is 10.7. The molecule has 0 saturated carbocycles. The van der Waals surface area contributed by atoms with Crippen LogP contribution >= 0.6 is 0 Å². The van der Waals surface area contributed by atoms with Gasteiger partial charge >= 0.3 is 0 Å². The smallest absolute Gasteiger partial charge is 0.0105 e. The second-order valence-corrected chi connectivity index (χ2v) is 27.4. The lowest BCUT2D eigenvalue weighted by Gasteiger charge is -2.18. The maximum absolute atomic E-state index is 2.25. The molecule has 0 fully saturated rings. The zero-order valence-corrected chi connectivity index (χ0v) is 60.3. The third-order valence-electron chi connectivity index (χ3n) is 18.3. The molecule has 0 aliphatic rings. The lowest BCUT2D eigenvalue weighted by Crippen LogP contribution is -2.10. The molecule has 0 heteroatoms. The predicted molar refractivity (Wildman–Crippen MR) is 444 cm³/mol. The van der Waals surface area contributed by atoms with Gasteiger partial charge < -0.3 is 0 Å². The molecule has 0 saturated heterocycles. The minimum absolute atomic E-state index is 0.285. The Bertz CT molecular complexity index is 5470. The molecule has 0 nitrogen and oxygen atoms in total. The van der Waals surface area contributed by atoms with Gasteiger partial charge in [0.1, 0.15) is 0 Å². The summed E-state index contributed by atoms with van der Waals surface area (Å²) in [5.74, 6) is 0. The molecule has 0 atom stereocenters. The summed E-state index contributed by atoms with van der Waals surface area (Å²) in [5.41, 5.74) is 21.2. The molecule has 0 aliphatic heterocycles. The fourth-order valence-corrected chi connectivity index (χ4v) is 12.6. The summed E-state index contributed by atoms with van der Waals surface area (Å²) in [7, 11) is 0. The van der Waals surface area contributed by atoms with E-state index in [1.165, 1.54) is 154 Å². The first-order chi connectivity index (χ1) is 49.1. The predicted octanol–water partition coefficient (Wildman–Crippen LogP) is 28.8. The van der Waals surface area contributed by atoms with Crippen LogP contribution < -0.4 is 0 Å². The molecule has 17 aromatic carbocycles. The summed E-state index contributed by atoms with van der Waals surface area (Å²) < 4.78 is 0. The van der Waals surface area contributed by atoms with Crippen molar-refractivity contribution < 1.29 is 0 Å². The van der Waals surface area contributed by atoms with E-state index in [2.05, 4.69) is 445 Å². The number of benzene rings is 17. The van der Waals surface area contributed by atoms with Crippen molar-refractivity contribution >= 4 is 64.6 Å². The van der Waals surface area contributed by atoms with Gasteiger partial charge in [-0.3, -0.25) is 0 Å². The van der Waals surface area contributed by atoms with Crippen molar-refractivity contribution in [3.63, 3.8) is 0 Å². The summed E-state index contributed by atoms with van der Waals surface area (Å²) in [4.78, 5) is 0. The summed E-state index contributed by atoms with van der Waals surface area (Å²) in [6.45, 7) is 21.6. The second-order valence-electron chi connectivity index (χ2n) is 27.4. The first-order valence-corrected chi connectivity index (χ1v) is 35.3. The minimum Gasteiger partial charge on any atom is -0.0616 e. The largest absolute Gasteiger partial charge is 0.0616 e. The van der Waals surface area contributed by atoms with Crippen molar-refractivity contribution in [2.45, 2.75) is 74.7 Å². The maximum Gasteiger partial charge on any atom is -0.0105 e. The van der Waals surface area contributed by atoms with Crippen molar-refractivity contribution in [2.24, 2.45) is 0 Å². The van der Waals surface area contributed by atoms with E-state index in [9.17, 15) is 0 Å². The summed E-state index contributed by atoms with van der Waals surface area (Å²) in [6.07, 6.45) is 0. The van der Waals surface area contributed by atoms with Crippen LogP contribution in [0, 0.1) is 48.5 Å². The van der Waals surface area contributed by atoms with E-state index in [1.54, 1.807) is 0 Å². The molecule has 101 heavy (non-hydrogen) atoms. The van der Waals surface area contributed by atoms with Crippen LogP contribution in [0.15, 0.2) is 376 Å². The van der Waals surface area contributed by atoms with E-state index >= 15 is 0 Å². The zero-order valence-electron chi connectivity index (χ0n) is 60.3. The Labute approximate surface area is 600 Å². The van der Waals surface area contributed by atoms with Crippen molar-refractivity contribution in [1.82, 2.24) is 0 Å². The van der Waals surface area contributed by atoms with Crippen molar-refractivity contribution in [2.75, 3.05) is 0 Å². The molecule has 0 bridgehead atoms. The van der Waals surface area contributed by atoms with Gasteiger partial charge in [-0.1, -0.05) is 418 Å². The fraction of sp³-hybridized carbons (Fsp3) is 0.109. The summed E-state index contributed by atoms with van der Waals surface area (Å²) in [6, 6.07) is 133. The van der Waals surface area contributed by atoms with E-state index in [-0.39, 0.29) is 5.41 Å². The topological polar surface area (TPSA) is 0 Å². The molecule has 0 radical (unpaired) electrons. The van der Waals surface area contributed by atoms with E-state index in [4.69, 9.17) is 0 Å². The molecule has 0 N–H and O–H groups in total. The van der Waals surface area contributed by atoms with Crippen LogP contribution in [0.2, 0.25) is 0 Å². The third-order valence-corrected chi connectivity index (χ3v) is 18.3. The van der Waals surface area contributed by atoms with Gasteiger partial charge in [-0.05, 0) is 186 Å². The molecular formula is C101H92. The van der Waals surface area contributed by atoms with Crippen LogP contribution in [0.1, 0.15) is 65.3 Å². The molecular weight excluding hydrogens is 1210 g/mol. The highest BCUT2D eigenvalue weighted by molar-refractivity contribution is 5.98. The first kappa shape index (κ1) is 70.6. The highest BCUT2D eigenvalue weighted by Crippen LogP contribution is 2.32. The van der Waals surface area contributed by atoms with Crippen LogP contribution in [0.25, 0.3) is 109 Å². The minimum atomic E-state index is 0.285. The van der Waals surface area contributed by atoms with Gasteiger partial charge in [0.15, 0.2) is 0 Å². The Hall–Kier alpha value is -11.7.